The first-order chi connectivity index (χ1) is 16.2. The zero-order chi connectivity index (χ0) is 24.4. The number of ketones is 1. The van der Waals surface area contributed by atoms with Gasteiger partial charge in [0.25, 0.3) is 0 Å². The second-order valence-corrected chi connectivity index (χ2v) is 9.46. The normalized spacial score (nSPS) is 13.9. The van der Waals surface area contributed by atoms with E-state index in [2.05, 4.69) is 43.0 Å². The highest BCUT2D eigenvalue weighted by atomic mass is 16.2. The van der Waals surface area contributed by atoms with Crippen LogP contribution in [-0.4, -0.2) is 45.6 Å². The Morgan fingerprint density at radius 2 is 1.97 bits per heavy atom. The Morgan fingerprint density at radius 3 is 2.65 bits per heavy atom. The third-order valence-electron chi connectivity index (χ3n) is 6.79. The van der Waals surface area contributed by atoms with Gasteiger partial charge < -0.3 is 9.88 Å². The first-order valence-corrected chi connectivity index (χ1v) is 11.2. The van der Waals surface area contributed by atoms with E-state index in [0.717, 1.165) is 45.3 Å². The van der Waals surface area contributed by atoms with Crippen molar-refractivity contribution in [2.75, 3.05) is 14.1 Å². The van der Waals surface area contributed by atoms with E-state index in [9.17, 15) is 14.9 Å². The van der Waals surface area contributed by atoms with Crippen molar-refractivity contribution in [1.82, 2.24) is 19.7 Å². The van der Waals surface area contributed by atoms with Crippen LogP contribution in [0.2, 0.25) is 0 Å². The zero-order valence-corrected chi connectivity index (χ0v) is 19.9. The maximum absolute atomic E-state index is 13.8. The van der Waals surface area contributed by atoms with Gasteiger partial charge in [-0.25, -0.2) is 4.79 Å². The fraction of sp³-hybridized carbons (Fsp3) is 0.259. The Bertz CT molecular complexity index is 1550. The molecule has 7 nitrogen and oxygen atoms in total. The maximum atomic E-state index is 13.8. The summed E-state index contributed by atoms with van der Waals surface area (Å²) in [7, 11) is 3.37. The Morgan fingerprint density at radius 1 is 1.21 bits per heavy atom. The van der Waals surface area contributed by atoms with Gasteiger partial charge in [0, 0.05) is 53.4 Å². The van der Waals surface area contributed by atoms with Crippen molar-refractivity contribution in [1.29, 1.82) is 5.26 Å². The molecule has 0 unspecified atom stereocenters. The van der Waals surface area contributed by atoms with Crippen LogP contribution in [0.3, 0.4) is 0 Å². The predicted octanol–water partition coefficient (Wildman–Crippen LogP) is 4.87. The number of aryl methyl sites for hydroxylation is 1. The maximum Gasteiger partial charge on any atom is 0.344 e. The summed E-state index contributed by atoms with van der Waals surface area (Å²) in [6.45, 7) is 6.26. The molecule has 1 amide bonds. The molecule has 5 rings (SSSR count). The number of carbonyl (C=O) groups excluding carboxylic acids is 2. The fourth-order valence-corrected chi connectivity index (χ4v) is 4.92. The number of hydrogen-bond donors (Lipinski definition) is 1. The first-order valence-electron chi connectivity index (χ1n) is 11.2. The van der Waals surface area contributed by atoms with Crippen molar-refractivity contribution < 1.29 is 9.59 Å². The number of rotatable bonds is 2. The van der Waals surface area contributed by atoms with E-state index in [4.69, 9.17) is 0 Å². The largest absolute Gasteiger partial charge is 0.357 e. The lowest BCUT2D eigenvalue weighted by atomic mass is 9.70. The summed E-state index contributed by atoms with van der Waals surface area (Å²) in [5.74, 6) is -0.0139. The lowest BCUT2D eigenvalue weighted by molar-refractivity contribution is 0.103. The highest BCUT2D eigenvalue weighted by Gasteiger charge is 2.40. The number of nitriles is 1. The van der Waals surface area contributed by atoms with Crippen LogP contribution in [0.5, 0.6) is 0 Å². The SMILES string of the molecule is CCc1cc2c(cc1-c1cnn(C(=O)N(C)C)c1)C(C)(C)c1[nH]c3cc(C#N)ccc3c1C2=O. The number of aromatic amines is 1. The van der Waals surface area contributed by atoms with Crippen LogP contribution in [-0.2, 0) is 11.8 Å². The standard InChI is InChI=1S/C27H25N5O2/c1-6-16-10-20-21(11-19(16)17-13-29-32(14-17)26(34)31(4)5)27(2,3)25-23(24(20)33)18-8-7-15(12-28)9-22(18)30-25/h7-11,13-14,30H,6H2,1-5H3. The molecule has 1 aliphatic carbocycles. The third kappa shape index (κ3) is 2.99. The molecular formula is C27H25N5O2. The summed E-state index contributed by atoms with van der Waals surface area (Å²) in [4.78, 5) is 31.0. The van der Waals surface area contributed by atoms with Crippen LogP contribution in [0.25, 0.3) is 22.0 Å². The Kier molecular flexibility index (Phi) is 4.73. The molecule has 7 heteroatoms. The van der Waals surface area contributed by atoms with Crippen molar-refractivity contribution in [3.8, 4) is 17.2 Å². The van der Waals surface area contributed by atoms with Gasteiger partial charge in [0.1, 0.15) is 0 Å². The number of carbonyl (C=O) groups is 2. The monoisotopic (exact) mass is 451 g/mol. The van der Waals surface area contributed by atoms with Gasteiger partial charge in [-0.1, -0.05) is 26.8 Å². The van der Waals surface area contributed by atoms with Gasteiger partial charge in [-0.05, 0) is 47.4 Å². The van der Waals surface area contributed by atoms with Crippen LogP contribution in [0.15, 0.2) is 42.7 Å². The Balaban J connectivity index is 1.71. The second kappa shape index (κ2) is 7.42. The van der Waals surface area contributed by atoms with Gasteiger partial charge >= 0.3 is 6.03 Å². The molecule has 0 saturated heterocycles. The lowest BCUT2D eigenvalue weighted by Gasteiger charge is -2.33. The van der Waals surface area contributed by atoms with Gasteiger partial charge in [-0.3, -0.25) is 4.79 Å². The van der Waals surface area contributed by atoms with E-state index in [0.29, 0.717) is 16.7 Å². The second-order valence-electron chi connectivity index (χ2n) is 9.46. The summed E-state index contributed by atoms with van der Waals surface area (Å²) in [6.07, 6.45) is 4.16. The molecule has 0 radical (unpaired) electrons. The summed E-state index contributed by atoms with van der Waals surface area (Å²) in [6, 6.07) is 11.4. The van der Waals surface area contributed by atoms with Crippen molar-refractivity contribution >= 4 is 22.7 Å². The minimum atomic E-state index is -0.471. The Labute approximate surface area is 197 Å². The zero-order valence-electron chi connectivity index (χ0n) is 19.9. The number of benzene rings is 2. The number of nitrogens with one attached hydrogen (secondary N) is 1. The molecule has 0 atom stereocenters. The number of amides is 1. The van der Waals surface area contributed by atoms with Crippen molar-refractivity contribution in [3.05, 3.63) is 76.2 Å². The molecule has 1 N–H and O–H groups in total. The van der Waals surface area contributed by atoms with Gasteiger partial charge in [-0.15, -0.1) is 0 Å². The summed E-state index contributed by atoms with van der Waals surface area (Å²) < 4.78 is 1.33. The van der Waals surface area contributed by atoms with E-state index in [-0.39, 0.29) is 11.8 Å². The van der Waals surface area contributed by atoms with Crippen LogP contribution < -0.4 is 0 Å². The van der Waals surface area contributed by atoms with Gasteiger partial charge in [0.2, 0.25) is 0 Å². The van der Waals surface area contributed by atoms with Crippen LogP contribution in [0, 0.1) is 11.3 Å². The van der Waals surface area contributed by atoms with Crippen molar-refractivity contribution in [2.24, 2.45) is 0 Å². The number of H-pyrrole nitrogens is 1. The number of nitrogens with zero attached hydrogens (tertiary/aromatic N) is 4. The molecule has 0 spiro atoms. The van der Waals surface area contributed by atoms with Gasteiger partial charge in [0.15, 0.2) is 5.78 Å². The van der Waals surface area contributed by atoms with E-state index >= 15 is 0 Å². The molecule has 2 heterocycles. The molecule has 34 heavy (non-hydrogen) atoms. The molecule has 0 saturated carbocycles. The first kappa shape index (κ1) is 21.7. The highest BCUT2D eigenvalue weighted by molar-refractivity contribution is 6.20. The molecular weight excluding hydrogens is 426 g/mol. The fourth-order valence-electron chi connectivity index (χ4n) is 4.92. The summed E-state index contributed by atoms with van der Waals surface area (Å²) in [5.41, 5.74) is 6.84. The third-order valence-corrected chi connectivity index (χ3v) is 6.79. The average molecular weight is 452 g/mol. The molecule has 0 aliphatic heterocycles. The predicted molar refractivity (Wildman–Crippen MR) is 130 cm³/mol. The molecule has 4 aromatic rings. The van der Waals surface area contributed by atoms with E-state index < -0.39 is 5.41 Å². The van der Waals surface area contributed by atoms with E-state index in [1.54, 1.807) is 38.6 Å². The molecule has 0 bridgehead atoms. The molecule has 170 valence electrons. The lowest BCUT2D eigenvalue weighted by Crippen LogP contribution is -2.30. The minimum Gasteiger partial charge on any atom is -0.357 e. The van der Waals surface area contributed by atoms with Crippen LogP contribution in [0.4, 0.5) is 4.79 Å². The molecule has 2 aromatic carbocycles. The van der Waals surface area contributed by atoms with E-state index in [1.807, 2.05) is 12.1 Å². The average Bonchev–Trinajstić information content (AvgIpc) is 3.46. The number of fused-ring (bicyclic) bond motifs is 4. The minimum absolute atomic E-state index is 0.0139. The quantitative estimate of drug-likeness (QED) is 0.471. The Hall–Kier alpha value is -4.18. The molecule has 1 aliphatic rings. The topological polar surface area (TPSA) is 94.8 Å². The molecule has 0 fully saturated rings. The molecule has 2 aromatic heterocycles. The van der Waals surface area contributed by atoms with Gasteiger partial charge in [0.05, 0.1) is 23.4 Å². The van der Waals surface area contributed by atoms with Gasteiger partial charge in [-0.2, -0.15) is 15.0 Å². The highest BCUT2D eigenvalue weighted by Crippen LogP contribution is 2.45. The van der Waals surface area contributed by atoms with Crippen LogP contribution in [0.1, 0.15) is 59.1 Å². The summed E-state index contributed by atoms with van der Waals surface area (Å²) >= 11 is 0. The van der Waals surface area contributed by atoms with Crippen molar-refractivity contribution in [2.45, 2.75) is 32.6 Å². The number of aromatic nitrogens is 3. The van der Waals surface area contributed by atoms with Crippen LogP contribution >= 0.6 is 0 Å². The van der Waals surface area contributed by atoms with E-state index in [1.165, 1.54) is 9.58 Å². The summed E-state index contributed by atoms with van der Waals surface area (Å²) in [5, 5.41) is 14.4. The smallest absolute Gasteiger partial charge is 0.344 e. The number of hydrogen-bond acceptors (Lipinski definition) is 4. The van der Waals surface area contributed by atoms with Crippen molar-refractivity contribution in [3.63, 3.8) is 0 Å².